The zero-order valence-corrected chi connectivity index (χ0v) is 27.8. The maximum Gasteiger partial charge on any atom is 0.246 e. The molecule has 0 saturated carbocycles. The molecule has 1 aliphatic heterocycles. The highest BCUT2D eigenvalue weighted by Gasteiger charge is 2.41. The fourth-order valence-corrected chi connectivity index (χ4v) is 7.83. The Kier molecular flexibility index (Phi) is 10.4. The molecule has 0 bridgehead atoms. The molecule has 4 rings (SSSR count). The molecule has 2 atom stereocenters. The van der Waals surface area contributed by atoms with E-state index in [9.17, 15) is 13.5 Å². The molecule has 0 aliphatic carbocycles. The number of ether oxygens (including phenoxy) is 4. The topological polar surface area (TPSA) is 138 Å². The van der Waals surface area contributed by atoms with Gasteiger partial charge in [0.05, 0.1) is 27.4 Å². The van der Waals surface area contributed by atoms with E-state index in [0.717, 1.165) is 0 Å². The van der Waals surface area contributed by atoms with Crippen molar-refractivity contribution < 1.29 is 32.5 Å². The molecule has 0 radical (unpaired) electrons. The van der Waals surface area contributed by atoms with Crippen LogP contribution in [0.15, 0.2) is 36.4 Å². The molecule has 1 fully saturated rings. The van der Waals surface area contributed by atoms with Crippen LogP contribution < -0.4 is 18.5 Å². The third-order valence-electron chi connectivity index (χ3n) is 7.73. The second-order valence-corrected chi connectivity index (χ2v) is 19.6. The van der Waals surface area contributed by atoms with Crippen molar-refractivity contribution in [3.05, 3.63) is 36.4 Å². The normalized spacial score (nSPS) is 16.0. The number of rotatable bonds is 13. The first-order chi connectivity index (χ1) is 20.4. The first-order valence-corrected chi connectivity index (χ1v) is 19.6. The van der Waals surface area contributed by atoms with E-state index in [1.54, 1.807) is 47.9 Å². The van der Waals surface area contributed by atoms with E-state index in [4.69, 9.17) is 18.9 Å². The van der Waals surface area contributed by atoms with Gasteiger partial charge in [0.15, 0.2) is 5.82 Å². The molecule has 236 valence electrons. The standard InChI is InChI=1S/C29H43N5O7SSi/c1-20(27(35)21-14-17-41-18-15-21)42(36,37)33(16-19-43(5,6)7)29-32-31-28(22-10-8-13-25(30-22)40-4)34(29)26-23(38-2)11-9-12-24(26)39-3/h8-13,20-21,27,35H,14-19H2,1-7H3/t20-,27+/m1/s1. The Balaban J connectivity index is 1.96. The van der Waals surface area contributed by atoms with E-state index in [-0.39, 0.29) is 24.2 Å². The summed E-state index contributed by atoms with van der Waals surface area (Å²) < 4.78 is 54.3. The van der Waals surface area contributed by atoms with Gasteiger partial charge in [-0.3, -0.25) is 4.57 Å². The van der Waals surface area contributed by atoms with E-state index in [1.165, 1.54) is 25.6 Å². The average Bonchev–Trinajstić information content (AvgIpc) is 3.43. The van der Waals surface area contributed by atoms with Gasteiger partial charge in [-0.25, -0.2) is 17.7 Å². The summed E-state index contributed by atoms with van der Waals surface area (Å²) in [6.45, 7) is 9.24. The highest BCUT2D eigenvalue weighted by molar-refractivity contribution is 7.93. The molecule has 3 heterocycles. The number of benzene rings is 1. The minimum atomic E-state index is -4.16. The summed E-state index contributed by atoms with van der Waals surface area (Å²) >= 11 is 0. The fourth-order valence-electron chi connectivity index (χ4n) is 5.11. The van der Waals surface area contributed by atoms with Crippen molar-refractivity contribution >= 4 is 24.0 Å². The number of para-hydroxylation sites is 1. The maximum absolute atomic E-state index is 14.5. The molecule has 0 unspecified atom stereocenters. The summed E-state index contributed by atoms with van der Waals surface area (Å²) in [5, 5.41) is 19.2. The van der Waals surface area contributed by atoms with Crippen molar-refractivity contribution in [2.75, 3.05) is 45.4 Å². The van der Waals surface area contributed by atoms with Crippen molar-refractivity contribution in [2.45, 2.75) is 56.8 Å². The summed E-state index contributed by atoms with van der Waals surface area (Å²) in [6.07, 6.45) is 0.104. The minimum absolute atomic E-state index is 0.0479. The van der Waals surface area contributed by atoms with Gasteiger partial charge in [-0.15, -0.1) is 10.2 Å². The number of aliphatic hydroxyl groups excluding tert-OH is 1. The van der Waals surface area contributed by atoms with Gasteiger partial charge in [0.1, 0.15) is 28.1 Å². The molecule has 3 aromatic rings. The number of aliphatic hydroxyl groups is 1. The van der Waals surface area contributed by atoms with Gasteiger partial charge in [-0.05, 0) is 49.9 Å². The first kappa shape index (κ1) is 32.7. The number of nitrogens with zero attached hydrogens (tertiary/aromatic N) is 5. The molecule has 1 aliphatic rings. The predicted molar refractivity (Wildman–Crippen MR) is 168 cm³/mol. The third-order valence-corrected chi connectivity index (χ3v) is 11.6. The van der Waals surface area contributed by atoms with Gasteiger partial charge >= 0.3 is 0 Å². The quantitative estimate of drug-likeness (QED) is 0.275. The highest BCUT2D eigenvalue weighted by Crippen LogP contribution is 2.39. The Morgan fingerprint density at radius 3 is 2.23 bits per heavy atom. The molecule has 1 aromatic carbocycles. The Hall–Kier alpha value is -3.20. The Morgan fingerprint density at radius 1 is 1.02 bits per heavy atom. The second kappa shape index (κ2) is 13.6. The monoisotopic (exact) mass is 633 g/mol. The van der Waals surface area contributed by atoms with E-state index >= 15 is 0 Å². The summed E-state index contributed by atoms with van der Waals surface area (Å²) in [6, 6.07) is 11.2. The van der Waals surface area contributed by atoms with E-state index < -0.39 is 29.5 Å². The predicted octanol–water partition coefficient (Wildman–Crippen LogP) is 4.01. The Labute approximate surface area is 255 Å². The van der Waals surface area contributed by atoms with Crippen LogP contribution in [0.4, 0.5) is 5.95 Å². The van der Waals surface area contributed by atoms with Crippen LogP contribution in [0.3, 0.4) is 0 Å². The number of pyridine rings is 1. The molecule has 12 nitrogen and oxygen atoms in total. The zero-order chi connectivity index (χ0) is 31.4. The van der Waals surface area contributed by atoms with Crippen molar-refractivity contribution in [2.24, 2.45) is 5.92 Å². The second-order valence-electron chi connectivity index (χ2n) is 11.8. The molecule has 14 heteroatoms. The number of methoxy groups -OCH3 is 3. The smallest absolute Gasteiger partial charge is 0.246 e. The highest BCUT2D eigenvalue weighted by atomic mass is 32.2. The fraction of sp³-hybridized carbons (Fsp3) is 0.552. The van der Waals surface area contributed by atoms with Gasteiger partial charge < -0.3 is 24.1 Å². The summed E-state index contributed by atoms with van der Waals surface area (Å²) in [5.74, 6) is 1.32. The van der Waals surface area contributed by atoms with Crippen molar-refractivity contribution in [1.29, 1.82) is 0 Å². The van der Waals surface area contributed by atoms with Gasteiger partial charge in [-0.1, -0.05) is 31.8 Å². The lowest BCUT2D eigenvalue weighted by molar-refractivity contribution is 0.00812. The molecule has 1 N–H and O–H groups in total. The summed E-state index contributed by atoms with van der Waals surface area (Å²) in [4.78, 5) is 4.56. The van der Waals surface area contributed by atoms with E-state index in [1.807, 2.05) is 0 Å². The molecule has 43 heavy (non-hydrogen) atoms. The number of hydrogen-bond donors (Lipinski definition) is 1. The van der Waals surface area contributed by atoms with Crippen LogP contribution in [0.2, 0.25) is 25.7 Å². The van der Waals surface area contributed by atoms with Crippen molar-refractivity contribution in [3.8, 4) is 34.6 Å². The molecule has 0 amide bonds. The third kappa shape index (κ3) is 7.14. The molecule has 2 aromatic heterocycles. The van der Waals surface area contributed by atoms with Crippen LogP contribution in [0.1, 0.15) is 19.8 Å². The van der Waals surface area contributed by atoms with Crippen LogP contribution in [-0.4, -0.2) is 93.8 Å². The number of hydrogen-bond acceptors (Lipinski definition) is 10. The Morgan fingerprint density at radius 2 is 1.65 bits per heavy atom. The van der Waals surface area contributed by atoms with E-state index in [2.05, 4.69) is 34.8 Å². The SMILES string of the molecule is COc1cccc(-c2nnc(N(CC[Si](C)(C)C)S(=O)(=O)[C@H](C)[C@H](O)C3CCOCC3)n2-c2c(OC)cccc2OC)n1. The lowest BCUT2D eigenvalue weighted by atomic mass is 9.92. The zero-order valence-electron chi connectivity index (χ0n) is 26.0. The summed E-state index contributed by atoms with van der Waals surface area (Å²) in [5.41, 5.74) is 0.821. The Bertz CT molecular complexity index is 1470. The number of sulfonamides is 1. The van der Waals surface area contributed by atoms with E-state index in [0.29, 0.717) is 60.9 Å². The van der Waals surface area contributed by atoms with Crippen LogP contribution in [-0.2, 0) is 14.8 Å². The minimum Gasteiger partial charge on any atom is -0.494 e. The van der Waals surface area contributed by atoms with Gasteiger partial charge in [-0.2, -0.15) is 0 Å². The van der Waals surface area contributed by atoms with Gasteiger partial charge in [0.25, 0.3) is 0 Å². The lowest BCUT2D eigenvalue weighted by Gasteiger charge is -2.34. The largest absolute Gasteiger partial charge is 0.494 e. The summed E-state index contributed by atoms with van der Waals surface area (Å²) in [7, 11) is -1.34. The number of anilines is 1. The van der Waals surface area contributed by atoms with Gasteiger partial charge in [0, 0.05) is 33.9 Å². The number of aromatic nitrogens is 4. The van der Waals surface area contributed by atoms with Crippen LogP contribution in [0.25, 0.3) is 17.2 Å². The van der Waals surface area contributed by atoms with Crippen LogP contribution in [0, 0.1) is 5.92 Å². The molecular formula is C29H43N5O7SSi. The molecule has 0 spiro atoms. The first-order valence-electron chi connectivity index (χ1n) is 14.4. The van der Waals surface area contributed by atoms with Crippen LogP contribution in [0.5, 0.6) is 17.4 Å². The van der Waals surface area contributed by atoms with Crippen molar-refractivity contribution in [1.82, 2.24) is 19.7 Å². The maximum atomic E-state index is 14.5. The van der Waals surface area contributed by atoms with Crippen molar-refractivity contribution in [3.63, 3.8) is 0 Å². The average molecular weight is 634 g/mol. The van der Waals surface area contributed by atoms with Crippen LogP contribution >= 0.6 is 0 Å². The van der Waals surface area contributed by atoms with Gasteiger partial charge in [0.2, 0.25) is 21.9 Å². The molecular weight excluding hydrogens is 591 g/mol. The molecule has 1 saturated heterocycles. The lowest BCUT2D eigenvalue weighted by Crippen LogP contribution is -2.48.